The maximum atomic E-state index is 15.1. The quantitative estimate of drug-likeness (QED) is 0.181. The minimum Gasteiger partial charge on any atom is -0.460 e. The van der Waals surface area contributed by atoms with E-state index >= 15 is 4.79 Å². The molecule has 10 nitrogen and oxygen atoms in total. The molecule has 3 saturated heterocycles. The van der Waals surface area contributed by atoms with Gasteiger partial charge in [0.1, 0.15) is 17.7 Å². The summed E-state index contributed by atoms with van der Waals surface area (Å²) < 4.78 is 12.5. The molecular weight excluding hydrogens is 634 g/mol. The van der Waals surface area contributed by atoms with Gasteiger partial charge in [-0.3, -0.25) is 19.2 Å². The van der Waals surface area contributed by atoms with Gasteiger partial charge in [-0.05, 0) is 61.1 Å². The summed E-state index contributed by atoms with van der Waals surface area (Å²) in [5.41, 5.74) is 0.227. The maximum Gasteiger partial charge on any atom is 0.312 e. The molecule has 10 heteroatoms. The number of allylic oxidation sites excluding steroid dienone is 1. The van der Waals surface area contributed by atoms with Crippen LogP contribution >= 0.6 is 0 Å². The number of benzene rings is 3. The number of amides is 3. The number of ether oxygens (including phenoxy) is 2. The van der Waals surface area contributed by atoms with Crippen LogP contribution in [0.3, 0.4) is 0 Å². The molecule has 1 spiro atoms. The van der Waals surface area contributed by atoms with Gasteiger partial charge in [-0.15, -0.1) is 13.2 Å². The lowest BCUT2D eigenvalue weighted by atomic mass is 9.70. The smallest absolute Gasteiger partial charge is 0.312 e. The van der Waals surface area contributed by atoms with Crippen molar-refractivity contribution in [2.75, 3.05) is 24.6 Å². The Kier molecular flexibility index (Phi) is 10.5. The molecule has 0 aromatic heterocycles. The van der Waals surface area contributed by atoms with Gasteiger partial charge in [0.2, 0.25) is 11.8 Å². The van der Waals surface area contributed by atoms with Gasteiger partial charge in [0.15, 0.2) is 0 Å². The van der Waals surface area contributed by atoms with Crippen molar-refractivity contribution in [2.45, 2.75) is 68.9 Å². The summed E-state index contributed by atoms with van der Waals surface area (Å²) in [7, 11) is 0. The van der Waals surface area contributed by atoms with E-state index in [1.807, 2.05) is 72.8 Å². The Hall–Kier alpha value is -4.80. The van der Waals surface area contributed by atoms with Gasteiger partial charge < -0.3 is 29.7 Å². The van der Waals surface area contributed by atoms with Crippen molar-refractivity contribution in [3.05, 3.63) is 104 Å². The van der Waals surface area contributed by atoms with Crippen LogP contribution in [0.2, 0.25) is 0 Å². The molecular formula is C40H45N3O7. The Morgan fingerprint density at radius 1 is 1.08 bits per heavy atom. The fourth-order valence-electron chi connectivity index (χ4n) is 8.01. The van der Waals surface area contributed by atoms with Crippen LogP contribution in [-0.4, -0.2) is 83.3 Å². The van der Waals surface area contributed by atoms with E-state index in [4.69, 9.17) is 9.47 Å². The van der Waals surface area contributed by atoms with Crippen molar-refractivity contribution in [2.24, 2.45) is 11.8 Å². The van der Waals surface area contributed by atoms with Crippen LogP contribution in [0.1, 0.15) is 38.2 Å². The molecule has 3 aliphatic rings. The molecule has 0 radical (unpaired) electrons. The van der Waals surface area contributed by atoms with Gasteiger partial charge in [-0.1, -0.05) is 72.8 Å². The average Bonchev–Trinajstić information content (AvgIpc) is 3.78. The topological polar surface area (TPSA) is 125 Å². The van der Waals surface area contributed by atoms with Crippen molar-refractivity contribution in [3.63, 3.8) is 0 Å². The SMILES string of the molecule is C=CCCC(=O)NC[C@@H](C)OC(=O)[C@@H]1[C@H]2C(=O)N([C@@H](CO)Cc3ccccc3)[C@H](C(=O)N(CC=C)c3ccc4ccccc4c3)[C@]23CC[C@H]1O3. The molecule has 50 heavy (non-hydrogen) atoms. The van der Waals surface area contributed by atoms with Gasteiger partial charge in [-0.25, -0.2) is 0 Å². The molecule has 3 aliphatic heterocycles. The number of carbonyl (C=O) groups is 4. The van der Waals surface area contributed by atoms with Gasteiger partial charge in [0.25, 0.3) is 5.91 Å². The molecule has 0 unspecified atom stereocenters. The lowest BCUT2D eigenvalue weighted by Gasteiger charge is -2.39. The highest BCUT2D eigenvalue weighted by atomic mass is 16.6. The zero-order chi connectivity index (χ0) is 35.4. The van der Waals surface area contributed by atoms with E-state index in [2.05, 4.69) is 18.5 Å². The first-order chi connectivity index (χ1) is 24.2. The third-order valence-electron chi connectivity index (χ3n) is 10.3. The second kappa shape index (κ2) is 15.0. The van der Waals surface area contributed by atoms with Crippen LogP contribution in [0.15, 0.2) is 98.1 Å². The van der Waals surface area contributed by atoms with E-state index in [1.54, 1.807) is 24.0 Å². The van der Waals surface area contributed by atoms with Gasteiger partial charge in [-0.2, -0.15) is 0 Å². The number of anilines is 1. The number of nitrogens with one attached hydrogen (secondary N) is 1. The Labute approximate surface area is 292 Å². The number of aliphatic hydroxyl groups is 1. The first-order valence-corrected chi connectivity index (χ1v) is 17.4. The number of esters is 1. The summed E-state index contributed by atoms with van der Waals surface area (Å²) >= 11 is 0. The molecule has 0 aliphatic carbocycles. The van der Waals surface area contributed by atoms with E-state index in [1.165, 1.54) is 4.90 Å². The van der Waals surface area contributed by atoms with E-state index in [9.17, 15) is 19.5 Å². The number of aliphatic hydroxyl groups excluding tert-OH is 1. The van der Waals surface area contributed by atoms with Crippen LogP contribution in [-0.2, 0) is 35.1 Å². The fraction of sp³-hybridized carbons (Fsp3) is 0.400. The molecule has 7 atom stereocenters. The predicted octanol–water partition coefficient (Wildman–Crippen LogP) is 4.35. The fourth-order valence-corrected chi connectivity index (χ4v) is 8.01. The summed E-state index contributed by atoms with van der Waals surface area (Å²) in [6.45, 7) is 9.12. The highest BCUT2D eigenvalue weighted by Gasteiger charge is 2.75. The van der Waals surface area contributed by atoms with Crippen LogP contribution in [0.25, 0.3) is 10.8 Å². The van der Waals surface area contributed by atoms with Gasteiger partial charge in [0, 0.05) is 18.7 Å². The van der Waals surface area contributed by atoms with Gasteiger partial charge >= 0.3 is 5.97 Å². The lowest BCUT2D eigenvalue weighted by Crippen LogP contribution is -2.59. The van der Waals surface area contributed by atoms with E-state index in [0.717, 1.165) is 16.3 Å². The third-order valence-corrected chi connectivity index (χ3v) is 10.3. The molecule has 2 N–H and O–H groups in total. The van der Waals surface area contributed by atoms with Crippen LogP contribution in [0, 0.1) is 11.8 Å². The highest BCUT2D eigenvalue weighted by Crippen LogP contribution is 2.59. The van der Waals surface area contributed by atoms with Crippen molar-refractivity contribution >= 4 is 40.2 Å². The summed E-state index contributed by atoms with van der Waals surface area (Å²) in [5, 5.41) is 15.6. The van der Waals surface area contributed by atoms with Crippen LogP contribution in [0.5, 0.6) is 0 Å². The standard InChI is InChI=1S/C40H45N3O7/c1-4-6-16-33(45)41-24-26(3)49-39(48)34-32-19-20-40(50-32)35(34)37(46)43(31(25-44)22-27-12-8-7-9-13-27)36(40)38(47)42(21-5-2)30-18-17-28-14-10-11-15-29(28)23-30/h4-5,7-15,17-18,23,26,31-32,34-36,44H,1-2,6,16,19-22,24-25H2,3H3,(H,41,45)/t26-,31-,32-,34+,35+,36-,40+/m1/s1. The molecule has 3 aromatic carbocycles. The number of nitrogens with zero attached hydrogens (tertiary/aromatic N) is 2. The van der Waals surface area contributed by atoms with E-state index in [0.29, 0.717) is 31.4 Å². The van der Waals surface area contributed by atoms with E-state index < -0.39 is 60.2 Å². The van der Waals surface area contributed by atoms with Crippen molar-refractivity contribution in [1.82, 2.24) is 10.2 Å². The van der Waals surface area contributed by atoms with Crippen LogP contribution in [0.4, 0.5) is 5.69 Å². The number of hydrogen-bond donors (Lipinski definition) is 2. The van der Waals surface area contributed by atoms with Crippen molar-refractivity contribution in [3.8, 4) is 0 Å². The molecule has 3 amide bonds. The largest absolute Gasteiger partial charge is 0.460 e. The molecule has 262 valence electrons. The summed E-state index contributed by atoms with van der Waals surface area (Å²) in [6, 6.07) is 21.2. The number of fused-ring (bicyclic) bond motifs is 2. The zero-order valence-corrected chi connectivity index (χ0v) is 28.4. The molecule has 0 saturated carbocycles. The number of likely N-dealkylation sites (tertiary alicyclic amines) is 1. The average molecular weight is 680 g/mol. The second-order valence-electron chi connectivity index (χ2n) is 13.5. The first kappa shape index (κ1) is 35.0. The minimum absolute atomic E-state index is 0.114. The van der Waals surface area contributed by atoms with Crippen LogP contribution < -0.4 is 10.2 Å². The number of rotatable bonds is 15. The first-order valence-electron chi connectivity index (χ1n) is 17.4. The predicted molar refractivity (Wildman–Crippen MR) is 190 cm³/mol. The minimum atomic E-state index is -1.30. The lowest BCUT2D eigenvalue weighted by molar-refractivity contribution is -0.159. The highest BCUT2D eigenvalue weighted by molar-refractivity contribution is 6.05. The zero-order valence-electron chi connectivity index (χ0n) is 28.4. The maximum absolute atomic E-state index is 15.1. The Bertz CT molecular complexity index is 1760. The summed E-state index contributed by atoms with van der Waals surface area (Å²) in [6.07, 6.45) is 4.01. The molecule has 2 bridgehead atoms. The van der Waals surface area contributed by atoms with Crippen molar-refractivity contribution < 1.29 is 33.8 Å². The third kappa shape index (κ3) is 6.57. The monoisotopic (exact) mass is 679 g/mol. The second-order valence-corrected chi connectivity index (χ2v) is 13.5. The normalized spacial score (nSPS) is 24.8. The number of hydrogen-bond acceptors (Lipinski definition) is 7. The molecule has 6 rings (SSSR count). The summed E-state index contributed by atoms with van der Waals surface area (Å²) in [5.74, 6) is -3.49. The summed E-state index contributed by atoms with van der Waals surface area (Å²) in [4.78, 5) is 58.9. The van der Waals surface area contributed by atoms with E-state index in [-0.39, 0.29) is 31.3 Å². The Morgan fingerprint density at radius 3 is 2.54 bits per heavy atom. The Morgan fingerprint density at radius 2 is 1.82 bits per heavy atom. The molecule has 3 fully saturated rings. The Balaban J connectivity index is 1.34. The van der Waals surface area contributed by atoms with Crippen molar-refractivity contribution in [1.29, 1.82) is 0 Å². The molecule has 3 heterocycles. The van der Waals surface area contributed by atoms with Gasteiger partial charge in [0.05, 0.1) is 37.1 Å². The number of carbonyl (C=O) groups excluding carboxylic acids is 4. The molecule has 3 aromatic rings.